The fourth-order valence-electron chi connectivity index (χ4n) is 3.38. The maximum Gasteiger partial charge on any atom is 0.416 e. The number of carbonyl (C=O) groups is 1. The van der Waals surface area contributed by atoms with Gasteiger partial charge < -0.3 is 10.2 Å². The zero-order valence-corrected chi connectivity index (χ0v) is 18.8. The second kappa shape index (κ2) is 9.17. The second-order valence-corrected chi connectivity index (χ2v) is 10.9. The Morgan fingerprint density at radius 3 is 2.42 bits per heavy atom. The van der Waals surface area contributed by atoms with E-state index < -0.39 is 27.7 Å². The summed E-state index contributed by atoms with van der Waals surface area (Å²) >= 11 is 1.01. The van der Waals surface area contributed by atoms with E-state index in [9.17, 15) is 26.4 Å². The summed E-state index contributed by atoms with van der Waals surface area (Å²) in [6.45, 7) is 0.970. The van der Waals surface area contributed by atoms with Crippen molar-refractivity contribution in [2.24, 2.45) is 0 Å². The van der Waals surface area contributed by atoms with Gasteiger partial charge in [-0.05, 0) is 43.2 Å². The number of anilines is 2. The van der Waals surface area contributed by atoms with Gasteiger partial charge in [-0.2, -0.15) is 17.5 Å². The van der Waals surface area contributed by atoms with E-state index in [1.807, 2.05) is 0 Å². The highest BCUT2D eigenvalue weighted by atomic mass is 32.2. The fraction of sp³-hybridized carbons (Fsp3) is 0.450. The van der Waals surface area contributed by atoms with Crippen molar-refractivity contribution in [1.82, 2.24) is 4.31 Å². The normalized spacial score (nSPS) is 15.6. The van der Waals surface area contributed by atoms with Gasteiger partial charge in [0.1, 0.15) is 4.21 Å². The van der Waals surface area contributed by atoms with Crippen LogP contribution >= 0.6 is 11.3 Å². The summed E-state index contributed by atoms with van der Waals surface area (Å²) in [5, 5.41) is 2.53. The van der Waals surface area contributed by atoms with Crippen molar-refractivity contribution in [3.05, 3.63) is 40.8 Å². The van der Waals surface area contributed by atoms with Gasteiger partial charge in [0.05, 0.1) is 23.4 Å². The minimum absolute atomic E-state index is 0.0440. The summed E-state index contributed by atoms with van der Waals surface area (Å²) in [4.78, 5) is 14.6. The van der Waals surface area contributed by atoms with E-state index in [0.29, 0.717) is 23.7 Å². The van der Waals surface area contributed by atoms with Crippen molar-refractivity contribution in [2.45, 2.75) is 36.1 Å². The van der Waals surface area contributed by atoms with Crippen LogP contribution in [-0.4, -0.2) is 45.8 Å². The maximum atomic E-state index is 13.1. The molecule has 31 heavy (non-hydrogen) atoms. The number of amides is 1. The molecule has 0 radical (unpaired) electrons. The predicted molar refractivity (Wildman–Crippen MR) is 115 cm³/mol. The lowest BCUT2D eigenvalue weighted by Crippen LogP contribution is -2.35. The first kappa shape index (κ1) is 23.6. The van der Waals surface area contributed by atoms with Crippen molar-refractivity contribution in [3.8, 4) is 0 Å². The summed E-state index contributed by atoms with van der Waals surface area (Å²) in [6, 6.07) is 6.20. The van der Waals surface area contributed by atoms with Gasteiger partial charge >= 0.3 is 6.18 Å². The topological polar surface area (TPSA) is 69.7 Å². The highest BCUT2D eigenvalue weighted by Crippen LogP contribution is 2.35. The number of rotatable bonds is 6. The summed E-state index contributed by atoms with van der Waals surface area (Å²) in [7, 11) is -0.263. The van der Waals surface area contributed by atoms with Crippen LogP contribution in [0.2, 0.25) is 0 Å². The number of piperidine rings is 1. The third-order valence-corrected chi connectivity index (χ3v) is 8.41. The van der Waals surface area contributed by atoms with Crippen LogP contribution < -0.4 is 10.2 Å². The molecule has 1 aromatic carbocycles. The lowest BCUT2D eigenvalue weighted by molar-refractivity contribution is -0.137. The summed E-state index contributed by atoms with van der Waals surface area (Å²) in [5.74, 6) is -0.522. The van der Waals surface area contributed by atoms with Gasteiger partial charge in [-0.15, -0.1) is 11.3 Å². The molecule has 1 N–H and O–H groups in total. The number of carbonyl (C=O) groups excluding carboxylic acids is 1. The molecule has 0 aliphatic carbocycles. The number of alkyl halides is 3. The number of hydrogen-bond acceptors (Lipinski definition) is 5. The maximum absolute atomic E-state index is 13.1. The SMILES string of the molecule is CN(C)c1ccc(C(F)(F)F)cc1NC(=O)Cc1ccc(S(=O)(=O)N2CCCCC2)s1. The molecule has 0 bridgehead atoms. The molecule has 1 amide bonds. The van der Waals surface area contributed by atoms with E-state index in [4.69, 9.17) is 0 Å². The Hall–Kier alpha value is -2.11. The van der Waals surface area contributed by atoms with E-state index in [1.165, 1.54) is 16.4 Å². The molecule has 1 saturated heterocycles. The Morgan fingerprint density at radius 1 is 1.13 bits per heavy atom. The zero-order valence-electron chi connectivity index (χ0n) is 17.2. The third kappa shape index (κ3) is 5.58. The van der Waals surface area contributed by atoms with Crippen LogP contribution in [0.3, 0.4) is 0 Å². The minimum atomic E-state index is -4.53. The molecular weight excluding hydrogens is 451 g/mol. The standard InChI is InChI=1S/C20H24F3N3O3S2/c1-25(2)17-8-6-14(20(21,22)23)12-16(17)24-18(27)13-15-7-9-19(30-15)31(28,29)26-10-4-3-5-11-26/h6-9,12H,3-5,10-11,13H2,1-2H3,(H,24,27). The molecule has 2 aromatic rings. The number of sulfonamides is 1. The highest BCUT2D eigenvalue weighted by molar-refractivity contribution is 7.91. The average molecular weight is 476 g/mol. The molecule has 1 aromatic heterocycles. The van der Waals surface area contributed by atoms with Gasteiger partial charge in [-0.25, -0.2) is 8.42 Å². The molecule has 6 nitrogen and oxygen atoms in total. The molecule has 11 heteroatoms. The van der Waals surface area contributed by atoms with Crippen LogP contribution in [0.5, 0.6) is 0 Å². The van der Waals surface area contributed by atoms with Gasteiger partial charge in [0, 0.05) is 32.1 Å². The summed E-state index contributed by atoms with van der Waals surface area (Å²) in [6.07, 6.45) is -2.01. The molecule has 0 unspecified atom stereocenters. The molecule has 0 atom stereocenters. The number of halogens is 3. The van der Waals surface area contributed by atoms with E-state index in [2.05, 4.69) is 5.32 Å². The number of benzene rings is 1. The number of nitrogens with one attached hydrogen (secondary N) is 1. The number of hydrogen-bond donors (Lipinski definition) is 1. The Labute approximate surface area is 183 Å². The van der Waals surface area contributed by atoms with Gasteiger partial charge in [0.25, 0.3) is 10.0 Å². The van der Waals surface area contributed by atoms with E-state index in [-0.39, 0.29) is 16.3 Å². The van der Waals surface area contributed by atoms with E-state index in [1.54, 1.807) is 25.1 Å². The first-order valence-electron chi connectivity index (χ1n) is 9.76. The number of nitrogens with zero attached hydrogens (tertiary/aromatic N) is 2. The van der Waals surface area contributed by atoms with E-state index >= 15 is 0 Å². The van der Waals surface area contributed by atoms with Crippen LogP contribution in [0, 0.1) is 0 Å². The van der Waals surface area contributed by atoms with Crippen molar-refractivity contribution in [1.29, 1.82) is 0 Å². The smallest absolute Gasteiger partial charge is 0.376 e. The lowest BCUT2D eigenvalue weighted by atomic mass is 10.1. The van der Waals surface area contributed by atoms with Gasteiger partial charge in [0.2, 0.25) is 5.91 Å². The highest BCUT2D eigenvalue weighted by Gasteiger charge is 2.31. The van der Waals surface area contributed by atoms with Crippen molar-refractivity contribution < 1.29 is 26.4 Å². The van der Waals surface area contributed by atoms with Gasteiger partial charge in [0.15, 0.2) is 0 Å². The largest absolute Gasteiger partial charge is 0.416 e. The average Bonchev–Trinajstić information content (AvgIpc) is 3.17. The molecular formula is C20H24F3N3O3S2. The first-order valence-corrected chi connectivity index (χ1v) is 12.0. The van der Waals surface area contributed by atoms with Crippen LogP contribution in [-0.2, 0) is 27.4 Å². The molecule has 1 aliphatic heterocycles. The molecule has 3 rings (SSSR count). The molecule has 170 valence electrons. The molecule has 0 saturated carbocycles. The predicted octanol–water partition coefficient (Wildman–Crippen LogP) is 4.19. The Morgan fingerprint density at radius 2 is 1.81 bits per heavy atom. The number of thiophene rings is 1. The molecule has 0 spiro atoms. The molecule has 1 fully saturated rings. The quantitative estimate of drug-likeness (QED) is 0.680. The monoisotopic (exact) mass is 475 g/mol. The van der Waals surface area contributed by atoms with Crippen molar-refractivity contribution >= 4 is 38.6 Å². The van der Waals surface area contributed by atoms with Gasteiger partial charge in [-0.1, -0.05) is 6.42 Å². The van der Waals surface area contributed by atoms with Crippen LogP contribution in [0.25, 0.3) is 0 Å². The molecule has 1 aliphatic rings. The third-order valence-electron chi connectivity index (χ3n) is 4.96. The first-order chi connectivity index (χ1) is 14.5. The fourth-order valence-corrected chi connectivity index (χ4v) is 6.41. The van der Waals surface area contributed by atoms with Crippen LogP contribution in [0.15, 0.2) is 34.5 Å². The van der Waals surface area contributed by atoms with E-state index in [0.717, 1.165) is 42.7 Å². The minimum Gasteiger partial charge on any atom is -0.376 e. The zero-order chi connectivity index (χ0) is 22.8. The van der Waals surface area contributed by atoms with Crippen LogP contribution in [0.1, 0.15) is 29.7 Å². The molecule has 2 heterocycles. The van der Waals surface area contributed by atoms with Crippen molar-refractivity contribution in [2.75, 3.05) is 37.4 Å². The Balaban J connectivity index is 1.75. The van der Waals surface area contributed by atoms with Crippen molar-refractivity contribution in [3.63, 3.8) is 0 Å². The summed E-state index contributed by atoms with van der Waals surface area (Å²) in [5.41, 5.74) is -0.386. The Kier molecular flexibility index (Phi) is 6.97. The Bertz CT molecular complexity index is 1040. The summed E-state index contributed by atoms with van der Waals surface area (Å²) < 4.78 is 66.3. The van der Waals surface area contributed by atoms with Crippen LogP contribution in [0.4, 0.5) is 24.5 Å². The van der Waals surface area contributed by atoms with Gasteiger partial charge in [-0.3, -0.25) is 4.79 Å². The lowest BCUT2D eigenvalue weighted by Gasteiger charge is -2.25. The second-order valence-electron chi connectivity index (χ2n) is 7.53.